The molecule has 4 rings (SSSR count). The fourth-order valence-corrected chi connectivity index (χ4v) is 5.25. The van der Waals surface area contributed by atoms with Crippen LogP contribution in [-0.4, -0.2) is 61.6 Å². The van der Waals surface area contributed by atoms with Crippen molar-refractivity contribution in [1.29, 1.82) is 0 Å². The molecule has 2 fully saturated rings. The Morgan fingerprint density at radius 1 is 1.29 bits per heavy atom. The molecule has 0 aromatic heterocycles. The average molecular weight is 427 g/mol. The Morgan fingerprint density at radius 2 is 2.06 bits per heavy atom. The molecule has 3 aliphatic rings. The van der Waals surface area contributed by atoms with Gasteiger partial charge in [-0.2, -0.15) is 0 Å². The number of carbonyl (C=O) groups is 4. The minimum Gasteiger partial charge on any atom is -0.384 e. The lowest BCUT2D eigenvalue weighted by Gasteiger charge is -2.54. The zero-order chi connectivity index (χ0) is 22.0. The Morgan fingerprint density at radius 3 is 2.71 bits per heavy atom. The van der Waals surface area contributed by atoms with Gasteiger partial charge in [-0.05, 0) is 55.6 Å². The number of hydrogen-bond donors (Lipinski definition) is 3. The van der Waals surface area contributed by atoms with Crippen LogP contribution in [0.1, 0.15) is 59.2 Å². The molecular weight excluding hydrogens is 396 g/mol. The van der Waals surface area contributed by atoms with E-state index in [0.29, 0.717) is 28.5 Å². The van der Waals surface area contributed by atoms with Crippen LogP contribution in [0, 0.1) is 11.3 Å². The van der Waals surface area contributed by atoms with Crippen molar-refractivity contribution in [2.45, 2.75) is 44.6 Å². The lowest BCUT2D eigenvalue weighted by atomic mass is 9.57. The van der Waals surface area contributed by atoms with Gasteiger partial charge in [0.25, 0.3) is 11.8 Å². The molecule has 1 atom stereocenters. The Hall–Kier alpha value is -2.74. The van der Waals surface area contributed by atoms with E-state index in [1.54, 1.807) is 18.2 Å². The van der Waals surface area contributed by atoms with Crippen LogP contribution in [0.4, 0.5) is 5.69 Å². The summed E-state index contributed by atoms with van der Waals surface area (Å²) in [5.41, 5.74) is 1.82. The molecule has 1 saturated heterocycles. The van der Waals surface area contributed by atoms with Crippen molar-refractivity contribution in [3.05, 3.63) is 29.3 Å². The number of hydrogen-bond acceptors (Lipinski definition) is 6. The fourth-order valence-electron chi connectivity index (χ4n) is 5.25. The number of nitrogens with zero attached hydrogens (tertiary/aromatic N) is 1. The molecule has 0 bridgehead atoms. The minimum atomic E-state index is -0.998. The quantitative estimate of drug-likeness (QED) is 0.298. The first kappa shape index (κ1) is 21.5. The number of fused-ring (bicyclic) bond motifs is 1. The van der Waals surface area contributed by atoms with Crippen LogP contribution in [0.25, 0.3) is 0 Å². The first-order chi connectivity index (χ1) is 15.0. The largest absolute Gasteiger partial charge is 0.384 e. The summed E-state index contributed by atoms with van der Waals surface area (Å²) in [5, 5.41) is 9.18. The highest BCUT2D eigenvalue weighted by molar-refractivity contribution is 6.25. The van der Waals surface area contributed by atoms with Gasteiger partial charge in [-0.25, -0.2) is 0 Å². The summed E-state index contributed by atoms with van der Waals surface area (Å²) < 4.78 is 0. The van der Waals surface area contributed by atoms with E-state index in [9.17, 15) is 19.2 Å². The molecule has 3 amide bonds. The molecule has 8 nitrogen and oxygen atoms in total. The third-order valence-electron chi connectivity index (χ3n) is 6.91. The molecule has 166 valence electrons. The molecule has 1 unspecified atom stereocenters. The van der Waals surface area contributed by atoms with E-state index in [4.69, 9.17) is 0 Å². The van der Waals surface area contributed by atoms with Crippen molar-refractivity contribution in [2.24, 2.45) is 11.3 Å². The van der Waals surface area contributed by atoms with E-state index >= 15 is 0 Å². The zero-order valence-electron chi connectivity index (χ0n) is 17.9. The van der Waals surface area contributed by atoms with E-state index in [1.807, 2.05) is 0 Å². The number of nitrogens with one attached hydrogen (secondary N) is 3. The maximum atomic E-state index is 13.2. The summed E-state index contributed by atoms with van der Waals surface area (Å²) in [6.45, 7) is 3.05. The van der Waals surface area contributed by atoms with Gasteiger partial charge in [0, 0.05) is 38.8 Å². The molecular formula is C23H30N4O4. The van der Waals surface area contributed by atoms with E-state index in [-0.39, 0.29) is 12.8 Å². The topological polar surface area (TPSA) is 108 Å². The molecule has 1 saturated carbocycles. The van der Waals surface area contributed by atoms with E-state index < -0.39 is 23.8 Å². The highest BCUT2D eigenvalue weighted by Gasteiger charge is 2.47. The van der Waals surface area contributed by atoms with Crippen LogP contribution in [0.5, 0.6) is 0 Å². The fraction of sp³-hybridized carbons (Fsp3) is 0.565. The van der Waals surface area contributed by atoms with Crippen LogP contribution in [0.3, 0.4) is 0 Å². The van der Waals surface area contributed by atoms with Gasteiger partial charge in [-0.15, -0.1) is 0 Å². The second-order valence-electron chi connectivity index (χ2n) is 9.03. The molecule has 1 aromatic rings. The van der Waals surface area contributed by atoms with Gasteiger partial charge in [0.05, 0.1) is 11.1 Å². The van der Waals surface area contributed by atoms with Crippen molar-refractivity contribution in [3.8, 4) is 0 Å². The standard InChI is InChI=1S/C23H30N4O4/c1-24-20(29)18(8-4-10-28)27-21(30)16-6-2-7-17(19(16)22(27)31)26-9-3-5-15-11-23(12-15)13-25-14-23/h2,6-7,10,15,18,25-26H,3-5,8-9,11-14H2,1H3,(H,24,29). The van der Waals surface area contributed by atoms with Crippen LogP contribution in [0.2, 0.25) is 0 Å². The lowest BCUT2D eigenvalue weighted by molar-refractivity contribution is -0.124. The van der Waals surface area contributed by atoms with Crippen LogP contribution < -0.4 is 16.0 Å². The van der Waals surface area contributed by atoms with Crippen molar-refractivity contribution in [2.75, 3.05) is 32.0 Å². The number of anilines is 1. The monoisotopic (exact) mass is 426 g/mol. The van der Waals surface area contributed by atoms with E-state index in [1.165, 1.54) is 19.9 Å². The molecule has 3 N–H and O–H groups in total. The summed E-state index contributed by atoms with van der Waals surface area (Å²) in [5.74, 6) is -0.640. The summed E-state index contributed by atoms with van der Waals surface area (Å²) in [7, 11) is 1.45. The molecule has 8 heteroatoms. The normalized spacial score (nSPS) is 20.1. The molecule has 2 heterocycles. The van der Waals surface area contributed by atoms with Crippen LogP contribution in [-0.2, 0) is 9.59 Å². The number of imide groups is 1. The number of benzene rings is 1. The van der Waals surface area contributed by atoms with Crippen molar-refractivity contribution in [1.82, 2.24) is 15.5 Å². The van der Waals surface area contributed by atoms with Crippen molar-refractivity contribution < 1.29 is 19.2 Å². The number of aldehydes is 1. The van der Waals surface area contributed by atoms with Gasteiger partial charge in [0.1, 0.15) is 12.3 Å². The van der Waals surface area contributed by atoms with Crippen molar-refractivity contribution >= 4 is 29.7 Å². The third kappa shape index (κ3) is 3.96. The SMILES string of the molecule is CNC(=O)C(CCC=O)N1C(=O)c2cccc(NCCCC3CC4(CNC4)C3)c2C1=O. The highest BCUT2D eigenvalue weighted by atomic mass is 16.2. The van der Waals surface area contributed by atoms with Gasteiger partial charge in [-0.1, -0.05) is 6.07 Å². The lowest BCUT2D eigenvalue weighted by Crippen LogP contribution is -2.60. The summed E-state index contributed by atoms with van der Waals surface area (Å²) in [6, 6.07) is 4.16. The predicted molar refractivity (Wildman–Crippen MR) is 116 cm³/mol. The van der Waals surface area contributed by atoms with Gasteiger partial charge in [0.15, 0.2) is 0 Å². The summed E-state index contributed by atoms with van der Waals surface area (Å²) in [6.07, 6.45) is 5.67. The molecule has 31 heavy (non-hydrogen) atoms. The summed E-state index contributed by atoms with van der Waals surface area (Å²) in [4.78, 5) is 50.2. The highest BCUT2D eigenvalue weighted by Crippen LogP contribution is 2.50. The van der Waals surface area contributed by atoms with Gasteiger partial charge < -0.3 is 20.7 Å². The van der Waals surface area contributed by atoms with Crippen LogP contribution in [0.15, 0.2) is 18.2 Å². The number of carbonyl (C=O) groups excluding carboxylic acids is 4. The minimum absolute atomic E-state index is 0.0924. The Bertz CT molecular complexity index is 888. The zero-order valence-corrected chi connectivity index (χ0v) is 17.9. The molecule has 2 aliphatic heterocycles. The van der Waals surface area contributed by atoms with Gasteiger partial charge in [0.2, 0.25) is 5.91 Å². The van der Waals surface area contributed by atoms with Gasteiger partial charge >= 0.3 is 0 Å². The predicted octanol–water partition coefficient (Wildman–Crippen LogP) is 1.57. The molecule has 1 aliphatic carbocycles. The second-order valence-corrected chi connectivity index (χ2v) is 9.03. The molecule has 0 radical (unpaired) electrons. The average Bonchev–Trinajstić information content (AvgIpc) is 2.96. The molecule has 1 aromatic carbocycles. The maximum absolute atomic E-state index is 13.2. The Kier molecular flexibility index (Phi) is 6.09. The first-order valence-electron chi connectivity index (χ1n) is 11.1. The van der Waals surface area contributed by atoms with Crippen molar-refractivity contribution in [3.63, 3.8) is 0 Å². The van der Waals surface area contributed by atoms with Crippen LogP contribution >= 0.6 is 0 Å². The molecule has 1 spiro atoms. The number of amides is 3. The summed E-state index contributed by atoms with van der Waals surface area (Å²) >= 11 is 0. The van der Waals surface area contributed by atoms with E-state index in [0.717, 1.165) is 43.3 Å². The second kappa shape index (κ2) is 8.78. The first-order valence-corrected chi connectivity index (χ1v) is 11.1. The number of likely N-dealkylation sites (N-methyl/N-ethyl adjacent to an activating group) is 1. The van der Waals surface area contributed by atoms with E-state index in [2.05, 4.69) is 16.0 Å². The Balaban J connectivity index is 1.39. The Labute approximate surface area is 182 Å². The maximum Gasteiger partial charge on any atom is 0.264 e. The third-order valence-corrected chi connectivity index (χ3v) is 6.91. The van der Waals surface area contributed by atoms with Gasteiger partial charge in [-0.3, -0.25) is 19.3 Å². The smallest absolute Gasteiger partial charge is 0.264 e. The number of rotatable bonds is 10.